The van der Waals surface area contributed by atoms with Crippen LogP contribution in [0.2, 0.25) is 0 Å². The van der Waals surface area contributed by atoms with Gasteiger partial charge in [-0.1, -0.05) is 0 Å². The van der Waals surface area contributed by atoms with Crippen molar-refractivity contribution in [2.75, 3.05) is 12.4 Å². The lowest BCUT2D eigenvalue weighted by atomic mass is 10.2. The molecule has 0 atom stereocenters. The van der Waals surface area contributed by atoms with Gasteiger partial charge in [-0.2, -0.15) is 0 Å². The quantitative estimate of drug-likeness (QED) is 0.742. The van der Waals surface area contributed by atoms with E-state index >= 15 is 0 Å². The molecule has 1 amide bonds. The third kappa shape index (κ3) is 3.49. The molecule has 0 fully saturated rings. The average molecular weight is 241 g/mol. The second-order valence-corrected chi connectivity index (χ2v) is 4.25. The molecule has 0 aliphatic heterocycles. The van der Waals surface area contributed by atoms with Gasteiger partial charge in [0.1, 0.15) is 0 Å². The number of carbonyl (C=O) groups excluding carboxylic acids is 1. The molecular weight excluding hydrogens is 224 g/mol. The van der Waals surface area contributed by atoms with Crippen molar-refractivity contribution in [1.82, 2.24) is 9.88 Å². The Morgan fingerprint density at radius 3 is 2.81 bits per heavy atom. The molecule has 0 aliphatic carbocycles. The van der Waals surface area contributed by atoms with Crippen LogP contribution in [0, 0.1) is 0 Å². The fourth-order valence-electron chi connectivity index (χ4n) is 1.48. The minimum absolute atomic E-state index is 0.0215. The van der Waals surface area contributed by atoms with Gasteiger partial charge >= 0.3 is 0 Å². The van der Waals surface area contributed by atoms with E-state index in [1.807, 2.05) is 18.7 Å². The molecule has 0 spiro atoms. The van der Waals surface area contributed by atoms with Crippen LogP contribution in [0.25, 0.3) is 0 Å². The Balaban J connectivity index is 2.75. The van der Waals surface area contributed by atoms with E-state index in [4.69, 9.17) is 11.6 Å². The number of alkyl halides is 1. The fourth-order valence-corrected chi connectivity index (χ4v) is 1.60. The molecule has 0 saturated heterocycles. The predicted octanol–water partition coefficient (Wildman–Crippen LogP) is 2.56. The first-order valence-corrected chi connectivity index (χ1v) is 5.97. The molecule has 1 aromatic heterocycles. The number of rotatable bonds is 5. The van der Waals surface area contributed by atoms with Gasteiger partial charge in [0, 0.05) is 30.9 Å². The summed E-state index contributed by atoms with van der Waals surface area (Å²) in [6.07, 6.45) is 4.07. The Morgan fingerprint density at radius 1 is 1.56 bits per heavy atom. The van der Waals surface area contributed by atoms with E-state index in [9.17, 15) is 4.79 Å². The monoisotopic (exact) mass is 240 g/mol. The topological polar surface area (TPSA) is 33.2 Å². The van der Waals surface area contributed by atoms with Crippen LogP contribution in [0.3, 0.4) is 0 Å². The zero-order chi connectivity index (χ0) is 12.0. The van der Waals surface area contributed by atoms with Crippen LogP contribution in [0.5, 0.6) is 0 Å². The maximum absolute atomic E-state index is 12.1. The lowest BCUT2D eigenvalue weighted by Crippen LogP contribution is -2.37. The molecule has 0 saturated carbocycles. The predicted molar refractivity (Wildman–Crippen MR) is 65.7 cm³/mol. The fraction of sp³-hybridized carbons (Fsp3) is 0.500. The third-order valence-corrected chi connectivity index (χ3v) is 2.59. The number of aromatic nitrogens is 1. The van der Waals surface area contributed by atoms with E-state index in [2.05, 4.69) is 4.98 Å². The molecule has 4 heteroatoms. The van der Waals surface area contributed by atoms with Crippen molar-refractivity contribution in [3.05, 3.63) is 30.1 Å². The highest BCUT2D eigenvalue weighted by molar-refractivity contribution is 6.17. The Morgan fingerprint density at radius 2 is 2.31 bits per heavy atom. The first-order chi connectivity index (χ1) is 7.66. The molecule has 16 heavy (non-hydrogen) atoms. The molecule has 0 bridgehead atoms. The highest BCUT2D eigenvalue weighted by atomic mass is 35.5. The second kappa shape index (κ2) is 6.48. The van der Waals surface area contributed by atoms with Crippen LogP contribution < -0.4 is 0 Å². The van der Waals surface area contributed by atoms with E-state index in [0.717, 1.165) is 6.42 Å². The van der Waals surface area contributed by atoms with Crippen molar-refractivity contribution in [3.63, 3.8) is 0 Å². The van der Waals surface area contributed by atoms with Gasteiger partial charge in [0.2, 0.25) is 0 Å². The van der Waals surface area contributed by atoms with Crippen LogP contribution in [-0.4, -0.2) is 34.3 Å². The summed E-state index contributed by atoms with van der Waals surface area (Å²) in [7, 11) is 0. The lowest BCUT2D eigenvalue weighted by molar-refractivity contribution is 0.0706. The molecule has 0 aliphatic rings. The van der Waals surface area contributed by atoms with Gasteiger partial charge in [-0.3, -0.25) is 9.78 Å². The summed E-state index contributed by atoms with van der Waals surface area (Å²) in [6.45, 7) is 4.69. The van der Waals surface area contributed by atoms with Crippen molar-refractivity contribution >= 4 is 17.5 Å². The van der Waals surface area contributed by atoms with Gasteiger partial charge in [0.05, 0.1) is 5.56 Å². The number of nitrogens with zero attached hydrogens (tertiary/aromatic N) is 2. The van der Waals surface area contributed by atoms with Crippen molar-refractivity contribution < 1.29 is 4.79 Å². The lowest BCUT2D eigenvalue weighted by Gasteiger charge is -2.26. The molecule has 1 heterocycles. The first-order valence-electron chi connectivity index (χ1n) is 5.43. The Bertz CT molecular complexity index is 327. The number of carbonyl (C=O) groups is 1. The Hall–Kier alpha value is -1.09. The van der Waals surface area contributed by atoms with Crippen LogP contribution in [0.15, 0.2) is 24.5 Å². The van der Waals surface area contributed by atoms with Crippen LogP contribution in [0.1, 0.15) is 30.6 Å². The molecule has 0 radical (unpaired) electrons. The SMILES string of the molecule is CC(C)N(CCCCl)C(=O)c1cccnc1. The van der Waals surface area contributed by atoms with E-state index in [0.29, 0.717) is 18.0 Å². The molecule has 0 N–H and O–H groups in total. The molecule has 0 unspecified atom stereocenters. The first kappa shape index (κ1) is 13.0. The number of pyridine rings is 1. The summed E-state index contributed by atoms with van der Waals surface area (Å²) in [5, 5.41) is 0. The summed E-state index contributed by atoms with van der Waals surface area (Å²) in [6, 6.07) is 3.73. The zero-order valence-electron chi connectivity index (χ0n) is 9.69. The molecule has 0 aromatic carbocycles. The molecule has 1 aromatic rings. The van der Waals surface area contributed by atoms with E-state index in [-0.39, 0.29) is 11.9 Å². The minimum atomic E-state index is 0.0215. The van der Waals surface area contributed by atoms with E-state index in [1.54, 1.807) is 24.5 Å². The van der Waals surface area contributed by atoms with Gasteiger partial charge in [-0.15, -0.1) is 11.6 Å². The summed E-state index contributed by atoms with van der Waals surface area (Å²) < 4.78 is 0. The molecular formula is C12H17ClN2O. The van der Waals surface area contributed by atoms with Crippen molar-refractivity contribution in [2.45, 2.75) is 26.3 Å². The smallest absolute Gasteiger partial charge is 0.255 e. The highest BCUT2D eigenvalue weighted by Crippen LogP contribution is 2.08. The normalized spacial score (nSPS) is 10.5. The van der Waals surface area contributed by atoms with Gasteiger partial charge in [0.15, 0.2) is 0 Å². The Kier molecular flexibility index (Phi) is 5.26. The largest absolute Gasteiger partial charge is 0.336 e. The maximum Gasteiger partial charge on any atom is 0.255 e. The minimum Gasteiger partial charge on any atom is -0.336 e. The average Bonchev–Trinajstić information content (AvgIpc) is 2.30. The maximum atomic E-state index is 12.1. The van der Waals surface area contributed by atoms with Crippen molar-refractivity contribution in [1.29, 1.82) is 0 Å². The van der Waals surface area contributed by atoms with E-state index in [1.165, 1.54) is 0 Å². The van der Waals surface area contributed by atoms with Crippen LogP contribution >= 0.6 is 11.6 Å². The summed E-state index contributed by atoms with van der Waals surface area (Å²) in [5.74, 6) is 0.594. The molecule has 3 nitrogen and oxygen atoms in total. The summed E-state index contributed by atoms with van der Waals surface area (Å²) >= 11 is 5.65. The van der Waals surface area contributed by atoms with Crippen molar-refractivity contribution in [3.8, 4) is 0 Å². The number of hydrogen-bond acceptors (Lipinski definition) is 2. The summed E-state index contributed by atoms with van der Waals surface area (Å²) in [4.78, 5) is 17.9. The Labute approximate surface area is 101 Å². The third-order valence-electron chi connectivity index (χ3n) is 2.33. The number of halogens is 1. The van der Waals surface area contributed by atoms with Gasteiger partial charge in [0.25, 0.3) is 5.91 Å². The van der Waals surface area contributed by atoms with E-state index < -0.39 is 0 Å². The van der Waals surface area contributed by atoms with Crippen LogP contribution in [0.4, 0.5) is 0 Å². The van der Waals surface area contributed by atoms with Gasteiger partial charge in [-0.25, -0.2) is 0 Å². The second-order valence-electron chi connectivity index (χ2n) is 3.88. The summed E-state index contributed by atoms with van der Waals surface area (Å²) in [5.41, 5.74) is 0.630. The van der Waals surface area contributed by atoms with Crippen molar-refractivity contribution in [2.24, 2.45) is 0 Å². The molecule has 1 rings (SSSR count). The zero-order valence-corrected chi connectivity index (χ0v) is 10.4. The number of amides is 1. The molecule has 88 valence electrons. The van der Waals surface area contributed by atoms with Gasteiger partial charge < -0.3 is 4.90 Å². The van der Waals surface area contributed by atoms with Gasteiger partial charge in [-0.05, 0) is 32.4 Å². The number of hydrogen-bond donors (Lipinski definition) is 0. The standard InChI is InChI=1S/C12H17ClN2O/c1-10(2)15(8-4-6-13)12(16)11-5-3-7-14-9-11/h3,5,7,9-10H,4,6,8H2,1-2H3. The highest BCUT2D eigenvalue weighted by Gasteiger charge is 2.17. The van der Waals surface area contributed by atoms with Crippen LogP contribution in [-0.2, 0) is 0 Å².